The summed E-state index contributed by atoms with van der Waals surface area (Å²) in [6.07, 6.45) is 4.28. The first kappa shape index (κ1) is 17.4. The standard InChI is InChI=1S/C20H31N3O/c1-17-3-2-4-19(15-17)16-22-11-13-23(14-12-22)20(24)6-5-18-7-9-21-10-8-18/h2-4,15,18,21H,5-14,16H2,1H3. The maximum atomic E-state index is 12.4. The van der Waals surface area contributed by atoms with Crippen LogP contribution in [0.25, 0.3) is 0 Å². The van der Waals surface area contributed by atoms with E-state index in [2.05, 4.69) is 46.3 Å². The molecular weight excluding hydrogens is 298 g/mol. The number of hydrogen-bond acceptors (Lipinski definition) is 3. The van der Waals surface area contributed by atoms with Crippen LogP contribution in [0.5, 0.6) is 0 Å². The molecule has 1 aromatic rings. The van der Waals surface area contributed by atoms with E-state index < -0.39 is 0 Å². The van der Waals surface area contributed by atoms with Crippen LogP contribution < -0.4 is 5.32 Å². The maximum Gasteiger partial charge on any atom is 0.222 e. The number of hydrogen-bond donors (Lipinski definition) is 1. The number of nitrogens with zero attached hydrogens (tertiary/aromatic N) is 2. The molecule has 3 rings (SSSR count). The number of carbonyl (C=O) groups excluding carboxylic acids is 1. The number of carbonyl (C=O) groups is 1. The quantitative estimate of drug-likeness (QED) is 0.901. The third-order valence-corrected chi connectivity index (χ3v) is 5.44. The molecule has 0 aromatic heterocycles. The molecule has 0 radical (unpaired) electrons. The van der Waals surface area contributed by atoms with Crippen LogP contribution in [0.15, 0.2) is 24.3 Å². The lowest BCUT2D eigenvalue weighted by molar-refractivity contribution is -0.133. The Morgan fingerprint density at radius 2 is 1.92 bits per heavy atom. The van der Waals surface area contributed by atoms with Gasteiger partial charge in [0.2, 0.25) is 5.91 Å². The van der Waals surface area contributed by atoms with Crippen molar-refractivity contribution in [1.29, 1.82) is 0 Å². The van der Waals surface area contributed by atoms with Crippen LogP contribution in [-0.4, -0.2) is 55.0 Å². The number of rotatable bonds is 5. The number of nitrogens with one attached hydrogen (secondary N) is 1. The second-order valence-electron chi connectivity index (χ2n) is 7.38. The van der Waals surface area contributed by atoms with Gasteiger partial charge in [0.25, 0.3) is 0 Å². The van der Waals surface area contributed by atoms with Crippen LogP contribution in [0.2, 0.25) is 0 Å². The highest BCUT2D eigenvalue weighted by Crippen LogP contribution is 2.19. The van der Waals surface area contributed by atoms with Gasteiger partial charge in [-0.1, -0.05) is 29.8 Å². The van der Waals surface area contributed by atoms with Crippen LogP contribution in [0.1, 0.15) is 36.8 Å². The zero-order valence-corrected chi connectivity index (χ0v) is 15.0. The van der Waals surface area contributed by atoms with Crippen molar-refractivity contribution >= 4 is 5.91 Å². The molecule has 132 valence electrons. The maximum absolute atomic E-state index is 12.4. The first-order chi connectivity index (χ1) is 11.7. The summed E-state index contributed by atoms with van der Waals surface area (Å²) in [5.41, 5.74) is 2.69. The molecule has 0 spiro atoms. The van der Waals surface area contributed by atoms with Gasteiger partial charge in [-0.2, -0.15) is 0 Å². The number of piperidine rings is 1. The highest BCUT2D eigenvalue weighted by atomic mass is 16.2. The minimum atomic E-state index is 0.365. The highest BCUT2D eigenvalue weighted by molar-refractivity contribution is 5.76. The van der Waals surface area contributed by atoms with Crippen LogP contribution in [0, 0.1) is 12.8 Å². The van der Waals surface area contributed by atoms with Crippen molar-refractivity contribution in [1.82, 2.24) is 15.1 Å². The number of amides is 1. The summed E-state index contributed by atoms with van der Waals surface area (Å²) in [6.45, 7) is 9.14. The van der Waals surface area contributed by atoms with Gasteiger partial charge in [0.1, 0.15) is 0 Å². The normalized spacial score (nSPS) is 20.3. The molecular formula is C20H31N3O. The molecule has 0 bridgehead atoms. The van der Waals surface area contributed by atoms with E-state index in [9.17, 15) is 4.79 Å². The van der Waals surface area contributed by atoms with Gasteiger partial charge >= 0.3 is 0 Å². The van der Waals surface area contributed by atoms with Crippen molar-refractivity contribution < 1.29 is 4.79 Å². The fraction of sp³-hybridized carbons (Fsp3) is 0.650. The lowest BCUT2D eigenvalue weighted by Gasteiger charge is -2.35. The predicted molar refractivity (Wildman–Crippen MR) is 97.9 cm³/mol. The molecule has 0 saturated carbocycles. The van der Waals surface area contributed by atoms with E-state index in [1.165, 1.54) is 24.0 Å². The Labute approximate surface area is 146 Å². The molecule has 2 saturated heterocycles. The van der Waals surface area contributed by atoms with E-state index >= 15 is 0 Å². The Morgan fingerprint density at radius 3 is 2.62 bits per heavy atom. The average Bonchev–Trinajstić information content (AvgIpc) is 2.61. The lowest BCUT2D eigenvalue weighted by atomic mass is 9.93. The van der Waals surface area contributed by atoms with Crippen molar-refractivity contribution in [2.75, 3.05) is 39.3 Å². The van der Waals surface area contributed by atoms with Gasteiger partial charge in [-0.3, -0.25) is 9.69 Å². The second-order valence-corrected chi connectivity index (χ2v) is 7.38. The molecule has 24 heavy (non-hydrogen) atoms. The second kappa shape index (κ2) is 8.63. The summed E-state index contributed by atoms with van der Waals surface area (Å²) in [5.74, 6) is 1.11. The Bertz CT molecular complexity index is 531. The van der Waals surface area contributed by atoms with Gasteiger partial charge < -0.3 is 10.2 Å². The van der Waals surface area contributed by atoms with Gasteiger partial charge in [0.15, 0.2) is 0 Å². The zero-order chi connectivity index (χ0) is 16.8. The summed E-state index contributed by atoms with van der Waals surface area (Å²) < 4.78 is 0. The van der Waals surface area contributed by atoms with Gasteiger partial charge in [0.05, 0.1) is 0 Å². The van der Waals surface area contributed by atoms with Gasteiger partial charge in [-0.15, -0.1) is 0 Å². The molecule has 2 aliphatic heterocycles. The van der Waals surface area contributed by atoms with E-state index in [1.54, 1.807) is 0 Å². The molecule has 2 heterocycles. The summed E-state index contributed by atoms with van der Waals surface area (Å²) in [5, 5.41) is 3.39. The Balaban J connectivity index is 1.38. The monoisotopic (exact) mass is 329 g/mol. The Kier molecular flexibility index (Phi) is 6.27. The van der Waals surface area contributed by atoms with Gasteiger partial charge in [0, 0.05) is 39.1 Å². The first-order valence-corrected chi connectivity index (χ1v) is 9.47. The summed E-state index contributed by atoms with van der Waals surface area (Å²) in [7, 11) is 0. The molecule has 1 aromatic carbocycles. The zero-order valence-electron chi connectivity index (χ0n) is 15.0. The van der Waals surface area contributed by atoms with Crippen molar-refractivity contribution in [2.45, 2.75) is 39.2 Å². The minimum Gasteiger partial charge on any atom is -0.340 e. The van der Waals surface area contributed by atoms with E-state index in [4.69, 9.17) is 0 Å². The predicted octanol–water partition coefficient (Wildman–Crippen LogP) is 2.42. The molecule has 1 amide bonds. The van der Waals surface area contributed by atoms with Crippen molar-refractivity contribution in [3.8, 4) is 0 Å². The fourth-order valence-electron chi connectivity index (χ4n) is 3.88. The molecule has 4 heteroatoms. The molecule has 0 aliphatic carbocycles. The summed E-state index contributed by atoms with van der Waals surface area (Å²) in [6, 6.07) is 8.73. The molecule has 4 nitrogen and oxygen atoms in total. The van der Waals surface area contributed by atoms with E-state index in [1.807, 2.05) is 0 Å². The van der Waals surface area contributed by atoms with Crippen LogP contribution in [0.3, 0.4) is 0 Å². The van der Waals surface area contributed by atoms with Crippen molar-refractivity contribution in [3.05, 3.63) is 35.4 Å². The van der Waals surface area contributed by atoms with Crippen molar-refractivity contribution in [2.24, 2.45) is 5.92 Å². The van der Waals surface area contributed by atoms with Crippen LogP contribution in [-0.2, 0) is 11.3 Å². The largest absolute Gasteiger partial charge is 0.340 e. The van der Waals surface area contributed by atoms with E-state index in [0.29, 0.717) is 5.91 Å². The average molecular weight is 329 g/mol. The first-order valence-electron chi connectivity index (χ1n) is 9.47. The highest BCUT2D eigenvalue weighted by Gasteiger charge is 2.22. The van der Waals surface area contributed by atoms with E-state index in [-0.39, 0.29) is 0 Å². The lowest BCUT2D eigenvalue weighted by Crippen LogP contribution is -2.48. The minimum absolute atomic E-state index is 0.365. The van der Waals surface area contributed by atoms with Crippen LogP contribution >= 0.6 is 0 Å². The number of benzene rings is 1. The molecule has 2 fully saturated rings. The number of aryl methyl sites for hydroxylation is 1. The smallest absolute Gasteiger partial charge is 0.222 e. The third kappa shape index (κ3) is 5.05. The van der Waals surface area contributed by atoms with Gasteiger partial charge in [-0.05, 0) is 50.8 Å². The van der Waals surface area contributed by atoms with E-state index in [0.717, 1.165) is 64.6 Å². The molecule has 2 aliphatic rings. The topological polar surface area (TPSA) is 35.6 Å². The molecule has 0 unspecified atom stereocenters. The van der Waals surface area contributed by atoms with Crippen LogP contribution in [0.4, 0.5) is 0 Å². The Morgan fingerprint density at radius 1 is 1.17 bits per heavy atom. The molecule has 1 N–H and O–H groups in total. The van der Waals surface area contributed by atoms with Gasteiger partial charge in [-0.25, -0.2) is 0 Å². The SMILES string of the molecule is Cc1cccc(CN2CCN(C(=O)CCC3CCNCC3)CC2)c1. The molecule has 0 atom stereocenters. The number of piperazine rings is 1. The third-order valence-electron chi connectivity index (χ3n) is 5.44. The Hall–Kier alpha value is -1.39. The van der Waals surface area contributed by atoms with Crippen molar-refractivity contribution in [3.63, 3.8) is 0 Å². The summed E-state index contributed by atoms with van der Waals surface area (Å²) >= 11 is 0. The summed E-state index contributed by atoms with van der Waals surface area (Å²) in [4.78, 5) is 17.0. The fourth-order valence-corrected chi connectivity index (χ4v) is 3.88.